The van der Waals surface area contributed by atoms with Crippen LogP contribution in [0.2, 0.25) is 0 Å². The summed E-state index contributed by atoms with van der Waals surface area (Å²) in [6.07, 6.45) is -0.474. The van der Waals surface area contributed by atoms with Gasteiger partial charge in [0.15, 0.2) is 0 Å². The number of halogens is 1. The van der Waals surface area contributed by atoms with Crippen molar-refractivity contribution in [3.63, 3.8) is 0 Å². The van der Waals surface area contributed by atoms with Crippen molar-refractivity contribution >= 4 is 17.2 Å². The topological polar surface area (TPSA) is 69.3 Å². The molecule has 6 nitrogen and oxygen atoms in total. The lowest BCUT2D eigenvalue weighted by Crippen LogP contribution is -2.41. The van der Waals surface area contributed by atoms with E-state index >= 15 is 0 Å². The lowest BCUT2D eigenvalue weighted by molar-refractivity contribution is 0.0743. The number of hydrogen-bond acceptors (Lipinski definition) is 5. The lowest BCUT2D eigenvalue weighted by atomic mass is 10.2. The van der Waals surface area contributed by atoms with Crippen molar-refractivity contribution in [2.45, 2.75) is 32.1 Å². The Morgan fingerprint density at radius 3 is 3.04 bits per heavy atom. The van der Waals surface area contributed by atoms with Crippen LogP contribution in [0.25, 0.3) is 0 Å². The molecule has 0 radical (unpaired) electrons. The van der Waals surface area contributed by atoms with Gasteiger partial charge in [-0.1, -0.05) is 6.07 Å². The third-order valence-corrected chi connectivity index (χ3v) is 5.21. The van der Waals surface area contributed by atoms with E-state index in [1.54, 1.807) is 31.4 Å². The average Bonchev–Trinajstić information content (AvgIpc) is 3.16. The van der Waals surface area contributed by atoms with Crippen molar-refractivity contribution in [2.75, 3.05) is 20.1 Å². The maximum absolute atomic E-state index is 13.9. The van der Waals surface area contributed by atoms with Crippen LogP contribution in [0.15, 0.2) is 28.4 Å². The molecule has 1 aliphatic rings. The molecule has 0 bridgehead atoms. The van der Waals surface area contributed by atoms with Crippen molar-refractivity contribution in [3.8, 4) is 0 Å². The van der Waals surface area contributed by atoms with E-state index < -0.39 is 11.9 Å². The number of carbonyl (C=O) groups is 1. The summed E-state index contributed by atoms with van der Waals surface area (Å²) >= 11 is 1.65. The van der Waals surface area contributed by atoms with Gasteiger partial charge in [0.1, 0.15) is 11.9 Å². The second-order valence-corrected chi connectivity index (χ2v) is 7.47. The van der Waals surface area contributed by atoms with E-state index in [1.165, 1.54) is 9.78 Å². The van der Waals surface area contributed by atoms with Crippen LogP contribution in [0.4, 0.5) is 4.39 Å². The first kappa shape index (κ1) is 17.8. The minimum atomic E-state index is -0.881. The molecule has 2 aromatic rings. The van der Waals surface area contributed by atoms with Gasteiger partial charge < -0.3 is 9.88 Å². The molecular formula is C17H21FN4O2S. The highest BCUT2D eigenvalue weighted by Crippen LogP contribution is 2.25. The number of aromatic amines is 1. The molecule has 3 rings (SSSR count). The predicted molar refractivity (Wildman–Crippen MR) is 94.6 cm³/mol. The summed E-state index contributed by atoms with van der Waals surface area (Å²) in [6.45, 7) is 3.17. The van der Waals surface area contributed by atoms with Gasteiger partial charge >= 0.3 is 5.69 Å². The molecule has 1 aliphatic heterocycles. The minimum Gasteiger partial charge on any atom is -0.339 e. The lowest BCUT2D eigenvalue weighted by Gasteiger charge is -2.28. The predicted octanol–water partition coefficient (Wildman–Crippen LogP) is 1.82. The summed E-state index contributed by atoms with van der Waals surface area (Å²) in [5.74, 6) is -0.326. The molecule has 0 saturated carbocycles. The molecule has 1 N–H and O–H groups in total. The number of aromatic nitrogens is 2. The molecule has 1 fully saturated rings. The van der Waals surface area contributed by atoms with Gasteiger partial charge in [-0.05, 0) is 30.9 Å². The molecule has 3 heterocycles. The van der Waals surface area contributed by atoms with Crippen LogP contribution in [-0.2, 0) is 6.54 Å². The third-order valence-electron chi connectivity index (χ3n) is 4.35. The Morgan fingerprint density at radius 2 is 2.36 bits per heavy atom. The van der Waals surface area contributed by atoms with Gasteiger partial charge in [0.25, 0.3) is 5.91 Å². The molecule has 2 atom stereocenters. The molecular weight excluding hydrogens is 343 g/mol. The number of nitrogens with one attached hydrogen (secondary N) is 1. The first-order chi connectivity index (χ1) is 11.9. The number of nitrogens with zero attached hydrogens (tertiary/aromatic N) is 3. The summed E-state index contributed by atoms with van der Waals surface area (Å²) in [6, 6.07) is 5.52. The van der Waals surface area contributed by atoms with Gasteiger partial charge in [-0.15, -0.1) is 11.3 Å². The number of likely N-dealkylation sites (N-methyl/N-ethyl adjacent to an activating group) is 1. The number of aryl methyl sites for hydroxylation is 1. The van der Waals surface area contributed by atoms with Crippen LogP contribution in [0.5, 0.6) is 0 Å². The standard InChI is InChI=1S/C17H21FN4O2S/c1-11-6-15(20-17(24)19-11)16(23)21(2)9-13-7-12(18)8-22(13)10-14-4-3-5-25-14/h3-6,12-13H,7-10H2,1-2H3,(H,19,20,24)/t12-,13-/m0/s1. The largest absolute Gasteiger partial charge is 0.345 e. The zero-order valence-corrected chi connectivity index (χ0v) is 15.1. The van der Waals surface area contributed by atoms with E-state index in [0.717, 1.165) is 0 Å². The molecule has 1 saturated heterocycles. The Morgan fingerprint density at radius 1 is 1.56 bits per heavy atom. The second-order valence-electron chi connectivity index (χ2n) is 6.44. The van der Waals surface area contributed by atoms with Crippen LogP contribution in [0, 0.1) is 6.92 Å². The van der Waals surface area contributed by atoms with E-state index in [9.17, 15) is 14.0 Å². The van der Waals surface area contributed by atoms with E-state index in [0.29, 0.717) is 31.7 Å². The first-order valence-corrected chi connectivity index (χ1v) is 9.04. The maximum Gasteiger partial charge on any atom is 0.345 e. The van der Waals surface area contributed by atoms with Crippen LogP contribution in [0.1, 0.15) is 27.5 Å². The van der Waals surface area contributed by atoms with E-state index in [4.69, 9.17) is 0 Å². The van der Waals surface area contributed by atoms with Gasteiger partial charge in [-0.25, -0.2) is 9.18 Å². The van der Waals surface area contributed by atoms with Crippen LogP contribution < -0.4 is 5.69 Å². The van der Waals surface area contributed by atoms with E-state index in [2.05, 4.69) is 14.9 Å². The van der Waals surface area contributed by atoms with E-state index in [1.807, 2.05) is 17.5 Å². The quantitative estimate of drug-likeness (QED) is 0.879. The van der Waals surface area contributed by atoms with Gasteiger partial charge in [-0.2, -0.15) is 4.98 Å². The first-order valence-electron chi connectivity index (χ1n) is 8.16. The van der Waals surface area contributed by atoms with Gasteiger partial charge in [0.05, 0.1) is 0 Å². The summed E-state index contributed by atoms with van der Waals surface area (Å²) in [5, 5.41) is 2.00. The highest BCUT2D eigenvalue weighted by molar-refractivity contribution is 7.09. The second kappa shape index (κ2) is 7.45. The zero-order chi connectivity index (χ0) is 18.0. The number of carbonyl (C=O) groups excluding carboxylic acids is 1. The Labute approximate surface area is 149 Å². The molecule has 8 heteroatoms. The summed E-state index contributed by atoms with van der Waals surface area (Å²) in [7, 11) is 1.66. The average molecular weight is 364 g/mol. The van der Waals surface area contributed by atoms with Crippen molar-refractivity contribution in [3.05, 3.63) is 50.3 Å². The fourth-order valence-electron chi connectivity index (χ4n) is 3.19. The molecule has 0 aromatic carbocycles. The highest BCUT2D eigenvalue weighted by atomic mass is 32.1. The van der Waals surface area contributed by atoms with Crippen molar-refractivity contribution in [1.29, 1.82) is 0 Å². The smallest absolute Gasteiger partial charge is 0.339 e. The number of likely N-dealkylation sites (tertiary alicyclic amines) is 1. The Bertz CT molecular complexity index is 792. The Kier molecular flexibility index (Phi) is 5.29. The zero-order valence-electron chi connectivity index (χ0n) is 14.2. The molecule has 1 amide bonds. The molecule has 2 aromatic heterocycles. The molecule has 0 spiro atoms. The number of hydrogen-bond donors (Lipinski definition) is 1. The van der Waals surface area contributed by atoms with Gasteiger partial charge in [0, 0.05) is 43.3 Å². The van der Waals surface area contributed by atoms with Crippen LogP contribution in [0.3, 0.4) is 0 Å². The number of amides is 1. The molecule has 0 aliphatic carbocycles. The number of thiophene rings is 1. The van der Waals surface area contributed by atoms with Gasteiger partial charge in [0.2, 0.25) is 0 Å². The molecule has 134 valence electrons. The highest BCUT2D eigenvalue weighted by Gasteiger charge is 2.33. The van der Waals surface area contributed by atoms with Crippen LogP contribution >= 0.6 is 11.3 Å². The fraction of sp³-hybridized carbons (Fsp3) is 0.471. The normalized spacial score (nSPS) is 20.8. The maximum atomic E-state index is 13.9. The minimum absolute atomic E-state index is 0.0471. The summed E-state index contributed by atoms with van der Waals surface area (Å²) in [4.78, 5) is 35.0. The summed E-state index contributed by atoms with van der Waals surface area (Å²) < 4.78 is 13.9. The van der Waals surface area contributed by atoms with Crippen molar-refractivity contribution in [1.82, 2.24) is 19.8 Å². The fourth-order valence-corrected chi connectivity index (χ4v) is 3.92. The number of alkyl halides is 1. The summed E-state index contributed by atoms with van der Waals surface area (Å²) in [5.41, 5.74) is 0.157. The van der Waals surface area contributed by atoms with Crippen LogP contribution in [-0.4, -0.2) is 58.0 Å². The SMILES string of the molecule is Cc1cc(C(=O)N(C)C[C@@H]2C[C@H](F)CN2Cc2cccs2)nc(=O)[nH]1. The van der Waals surface area contributed by atoms with E-state index in [-0.39, 0.29) is 17.6 Å². The number of H-pyrrole nitrogens is 1. The Hall–Kier alpha value is -2.06. The third kappa shape index (κ3) is 4.32. The Balaban J connectivity index is 1.68. The van der Waals surface area contributed by atoms with Crippen molar-refractivity contribution in [2.24, 2.45) is 0 Å². The monoisotopic (exact) mass is 364 g/mol. The molecule has 0 unspecified atom stereocenters. The molecule has 25 heavy (non-hydrogen) atoms. The van der Waals surface area contributed by atoms with Gasteiger partial charge in [-0.3, -0.25) is 9.69 Å². The van der Waals surface area contributed by atoms with Crippen molar-refractivity contribution < 1.29 is 9.18 Å². The number of rotatable bonds is 5.